The number of amides is 1. The van der Waals surface area contributed by atoms with Crippen molar-refractivity contribution in [2.24, 2.45) is 5.92 Å². The lowest BCUT2D eigenvalue weighted by molar-refractivity contribution is -0.267. The number of hydrogen-bond donors (Lipinski definition) is 2. The second kappa shape index (κ2) is 10.2. The first kappa shape index (κ1) is 24.5. The van der Waals surface area contributed by atoms with Crippen LogP contribution in [0.3, 0.4) is 0 Å². The lowest BCUT2D eigenvalue weighted by Gasteiger charge is -2.32. The lowest BCUT2D eigenvalue weighted by atomic mass is 9.95. The Kier molecular flexibility index (Phi) is 7.79. The number of likely N-dealkylation sites (tertiary alicyclic amines) is 1. The number of nitrogens with one attached hydrogen (secondary N) is 1. The Hall–Kier alpha value is -2.17. The number of ether oxygens (including phenoxy) is 1. The van der Waals surface area contributed by atoms with Gasteiger partial charge in [-0.15, -0.1) is 11.3 Å². The maximum atomic E-state index is 13.5. The van der Waals surface area contributed by atoms with E-state index in [9.17, 15) is 23.1 Å². The summed E-state index contributed by atoms with van der Waals surface area (Å²) in [5.74, 6) is 0.163. The van der Waals surface area contributed by atoms with E-state index in [2.05, 4.69) is 15.2 Å². The molecule has 3 rings (SSSR count). The summed E-state index contributed by atoms with van der Waals surface area (Å²) in [7, 11) is 1.63. The first-order chi connectivity index (χ1) is 15.1. The van der Waals surface area contributed by atoms with Crippen LogP contribution in [0.1, 0.15) is 35.5 Å². The summed E-state index contributed by atoms with van der Waals surface area (Å²) in [4.78, 5) is 18.3. The molecule has 0 spiro atoms. The molecule has 1 aromatic carbocycles. The topological polar surface area (TPSA) is 74.7 Å². The normalized spacial score (nSPS) is 17.7. The molecule has 0 radical (unpaired) electrons. The minimum atomic E-state index is -5.00. The third-order valence-corrected chi connectivity index (χ3v) is 6.83. The Morgan fingerprint density at radius 3 is 2.47 bits per heavy atom. The minimum Gasteiger partial charge on any atom is -0.497 e. The molecule has 1 saturated heterocycles. The van der Waals surface area contributed by atoms with Crippen LogP contribution in [0.5, 0.6) is 5.75 Å². The van der Waals surface area contributed by atoms with Crippen LogP contribution < -0.4 is 10.1 Å². The van der Waals surface area contributed by atoms with Crippen molar-refractivity contribution in [3.8, 4) is 5.75 Å². The fourth-order valence-corrected chi connectivity index (χ4v) is 4.65. The molecule has 0 saturated carbocycles. The van der Waals surface area contributed by atoms with Gasteiger partial charge in [0.1, 0.15) is 10.8 Å². The van der Waals surface area contributed by atoms with Crippen molar-refractivity contribution in [3.05, 3.63) is 45.9 Å². The van der Waals surface area contributed by atoms with Gasteiger partial charge in [-0.05, 0) is 56.5 Å². The Morgan fingerprint density at radius 2 is 1.94 bits per heavy atom. The predicted molar refractivity (Wildman–Crippen MR) is 115 cm³/mol. The average molecular weight is 472 g/mol. The van der Waals surface area contributed by atoms with Gasteiger partial charge >= 0.3 is 6.18 Å². The van der Waals surface area contributed by atoms with Crippen LogP contribution in [0.4, 0.5) is 13.2 Å². The predicted octanol–water partition coefficient (Wildman–Crippen LogP) is 3.63. The number of thiazole rings is 1. The molecule has 176 valence electrons. The monoisotopic (exact) mass is 471 g/mol. The summed E-state index contributed by atoms with van der Waals surface area (Å²) in [6.45, 7) is 4.34. The van der Waals surface area contributed by atoms with Crippen molar-refractivity contribution in [2.75, 3.05) is 26.7 Å². The van der Waals surface area contributed by atoms with E-state index >= 15 is 0 Å². The number of piperidine rings is 1. The Morgan fingerprint density at radius 1 is 1.28 bits per heavy atom. The number of aromatic nitrogens is 1. The molecule has 1 amide bonds. The standard InChI is InChI=1S/C22H28F3N3O3S/c1-15-14-32-20(27-15)21(30,22(23,24)25)11-19(29)26-12-16-7-9-28(10-8-16)13-17-3-5-18(31-2)6-4-17/h3-6,14,16,30H,7-13H2,1-2H3,(H,26,29). The smallest absolute Gasteiger partial charge is 0.424 e. The maximum absolute atomic E-state index is 13.5. The number of aryl methyl sites for hydroxylation is 1. The van der Waals surface area contributed by atoms with E-state index in [4.69, 9.17) is 4.74 Å². The molecule has 10 heteroatoms. The van der Waals surface area contributed by atoms with Gasteiger partial charge in [0, 0.05) is 24.2 Å². The van der Waals surface area contributed by atoms with E-state index in [1.54, 1.807) is 7.11 Å². The van der Waals surface area contributed by atoms with Crippen LogP contribution in [0.15, 0.2) is 29.6 Å². The number of nitrogens with zero attached hydrogens (tertiary/aromatic N) is 2. The number of rotatable bonds is 8. The number of benzene rings is 1. The van der Waals surface area contributed by atoms with Crippen molar-refractivity contribution in [1.82, 2.24) is 15.2 Å². The molecule has 1 aliphatic heterocycles. The summed E-state index contributed by atoms with van der Waals surface area (Å²) in [6, 6.07) is 7.90. The van der Waals surface area contributed by atoms with Gasteiger partial charge in [0.25, 0.3) is 0 Å². The number of halogens is 3. The summed E-state index contributed by atoms with van der Waals surface area (Å²) < 4.78 is 45.8. The molecule has 2 heterocycles. The zero-order valence-electron chi connectivity index (χ0n) is 18.1. The second-order valence-corrected chi connectivity index (χ2v) is 9.06. The quantitative estimate of drug-likeness (QED) is 0.615. The van der Waals surface area contributed by atoms with Crippen LogP contribution in [0.25, 0.3) is 0 Å². The van der Waals surface area contributed by atoms with Crippen LogP contribution in [-0.4, -0.2) is 53.8 Å². The van der Waals surface area contributed by atoms with Crippen LogP contribution in [0.2, 0.25) is 0 Å². The van der Waals surface area contributed by atoms with Gasteiger partial charge < -0.3 is 15.2 Å². The highest BCUT2D eigenvalue weighted by atomic mass is 32.1. The number of methoxy groups -OCH3 is 1. The van der Waals surface area contributed by atoms with Gasteiger partial charge in [0.2, 0.25) is 11.5 Å². The highest BCUT2D eigenvalue weighted by molar-refractivity contribution is 7.09. The zero-order chi connectivity index (χ0) is 23.4. The zero-order valence-corrected chi connectivity index (χ0v) is 18.9. The summed E-state index contributed by atoms with van der Waals surface area (Å²) in [5.41, 5.74) is -1.73. The van der Waals surface area contributed by atoms with Crippen LogP contribution in [0, 0.1) is 12.8 Å². The molecule has 1 aliphatic rings. The number of carbonyl (C=O) groups excluding carboxylic acids is 1. The highest BCUT2D eigenvalue weighted by Gasteiger charge is 2.58. The van der Waals surface area contributed by atoms with Crippen molar-refractivity contribution in [2.45, 2.75) is 44.5 Å². The maximum Gasteiger partial charge on any atom is 0.424 e. The number of aliphatic hydroxyl groups is 1. The van der Waals surface area contributed by atoms with Crippen molar-refractivity contribution >= 4 is 17.2 Å². The van der Waals surface area contributed by atoms with Crippen LogP contribution >= 0.6 is 11.3 Å². The van der Waals surface area contributed by atoms with E-state index in [1.165, 1.54) is 17.9 Å². The second-order valence-electron chi connectivity index (χ2n) is 8.20. The first-order valence-corrected chi connectivity index (χ1v) is 11.3. The first-order valence-electron chi connectivity index (χ1n) is 10.4. The molecule has 2 N–H and O–H groups in total. The number of alkyl halides is 3. The fraction of sp³-hybridized carbons (Fsp3) is 0.545. The van der Waals surface area contributed by atoms with E-state index in [-0.39, 0.29) is 5.92 Å². The third-order valence-electron chi connectivity index (χ3n) is 5.72. The van der Waals surface area contributed by atoms with Crippen LogP contribution in [-0.2, 0) is 16.9 Å². The van der Waals surface area contributed by atoms with Gasteiger partial charge in [-0.2, -0.15) is 13.2 Å². The van der Waals surface area contributed by atoms with Gasteiger partial charge in [-0.25, -0.2) is 4.98 Å². The van der Waals surface area contributed by atoms with Gasteiger partial charge in [0.05, 0.1) is 13.5 Å². The molecule has 1 fully saturated rings. The van der Waals surface area contributed by atoms with Gasteiger partial charge in [-0.1, -0.05) is 12.1 Å². The Labute approximate surface area is 189 Å². The van der Waals surface area contributed by atoms with Crippen molar-refractivity contribution < 1.29 is 27.8 Å². The fourth-order valence-electron chi connectivity index (χ4n) is 3.73. The van der Waals surface area contributed by atoms with Gasteiger partial charge in [0.15, 0.2) is 0 Å². The summed E-state index contributed by atoms with van der Waals surface area (Å²) in [5, 5.41) is 13.8. The molecular formula is C22H28F3N3O3S. The molecule has 1 aromatic heterocycles. The summed E-state index contributed by atoms with van der Waals surface area (Å²) in [6.07, 6.45) is -4.42. The molecule has 1 atom stereocenters. The largest absolute Gasteiger partial charge is 0.497 e. The molecular weight excluding hydrogens is 443 g/mol. The molecule has 32 heavy (non-hydrogen) atoms. The molecule has 6 nitrogen and oxygen atoms in total. The third kappa shape index (κ3) is 5.99. The lowest BCUT2D eigenvalue weighted by Crippen LogP contribution is -2.47. The molecule has 0 aliphatic carbocycles. The van der Waals surface area contributed by atoms with Gasteiger partial charge in [-0.3, -0.25) is 9.69 Å². The molecule has 1 unspecified atom stereocenters. The van der Waals surface area contributed by atoms with E-state index in [0.717, 1.165) is 38.2 Å². The van der Waals surface area contributed by atoms with Crippen molar-refractivity contribution in [3.63, 3.8) is 0 Å². The molecule has 0 bridgehead atoms. The average Bonchev–Trinajstić information content (AvgIpc) is 3.20. The minimum absolute atomic E-state index is 0.187. The highest BCUT2D eigenvalue weighted by Crippen LogP contribution is 2.42. The Balaban J connectivity index is 1.47. The van der Waals surface area contributed by atoms with E-state index in [0.29, 0.717) is 23.6 Å². The Bertz CT molecular complexity index is 896. The van der Waals surface area contributed by atoms with E-state index < -0.39 is 29.1 Å². The number of carbonyl (C=O) groups is 1. The number of hydrogen-bond acceptors (Lipinski definition) is 6. The molecule has 2 aromatic rings. The van der Waals surface area contributed by atoms with E-state index in [1.807, 2.05) is 24.3 Å². The SMILES string of the molecule is COc1ccc(CN2CCC(CNC(=O)CC(O)(c3nc(C)cs3)C(F)(F)F)CC2)cc1. The van der Waals surface area contributed by atoms with Crippen molar-refractivity contribution in [1.29, 1.82) is 0 Å². The summed E-state index contributed by atoms with van der Waals surface area (Å²) >= 11 is 0.701.